The van der Waals surface area contributed by atoms with Crippen LogP contribution in [0.5, 0.6) is 0 Å². The largest absolute Gasteiger partial charge is 0.389 e. The number of alkyl halides is 3. The van der Waals surface area contributed by atoms with E-state index >= 15 is 0 Å². The highest BCUT2D eigenvalue weighted by molar-refractivity contribution is 7.96. The fraction of sp³-hybridized carbons (Fsp3) is 0.381. The van der Waals surface area contributed by atoms with Gasteiger partial charge in [-0.05, 0) is 43.2 Å². The minimum atomic E-state index is -4.16. The van der Waals surface area contributed by atoms with E-state index in [4.69, 9.17) is 0 Å². The van der Waals surface area contributed by atoms with E-state index in [1.165, 1.54) is 0 Å². The third-order valence-electron chi connectivity index (χ3n) is 5.02. The molecule has 0 unspecified atom stereocenters. The van der Waals surface area contributed by atoms with Crippen molar-refractivity contribution in [3.63, 3.8) is 0 Å². The molecule has 1 aliphatic heterocycles. The van der Waals surface area contributed by atoms with Crippen molar-refractivity contribution in [2.24, 2.45) is 0 Å². The number of halogens is 3. The zero-order valence-corrected chi connectivity index (χ0v) is 18.8. The number of anilines is 1. The fourth-order valence-corrected chi connectivity index (χ4v) is 4.41. The fourth-order valence-electron chi connectivity index (χ4n) is 3.37. The van der Waals surface area contributed by atoms with Crippen molar-refractivity contribution in [2.45, 2.75) is 45.6 Å². The maximum atomic E-state index is 12.8. The monoisotopic (exact) mass is 477 g/mol. The minimum Gasteiger partial charge on any atom is -0.310 e. The van der Waals surface area contributed by atoms with Crippen molar-refractivity contribution in [3.05, 3.63) is 53.6 Å². The molecule has 1 amide bonds. The maximum Gasteiger partial charge on any atom is 0.389 e. The first-order valence-corrected chi connectivity index (χ1v) is 11.2. The van der Waals surface area contributed by atoms with Crippen LogP contribution in [0.2, 0.25) is 0 Å². The zero-order valence-electron chi connectivity index (χ0n) is 18.0. The van der Waals surface area contributed by atoms with Crippen molar-refractivity contribution >= 4 is 23.7 Å². The number of aromatic nitrogens is 5. The number of rotatable bonds is 7. The number of hydrogen-bond donors (Lipinski definition) is 1. The van der Waals surface area contributed by atoms with Crippen LogP contribution in [-0.4, -0.2) is 46.9 Å². The summed E-state index contributed by atoms with van der Waals surface area (Å²) in [7, 11) is 0. The molecule has 0 fully saturated rings. The number of nitrogens with zero attached hydrogens (tertiary/aromatic N) is 6. The second-order valence-electron chi connectivity index (χ2n) is 7.85. The van der Waals surface area contributed by atoms with E-state index in [1.807, 2.05) is 22.7 Å². The Morgan fingerprint density at radius 2 is 2.03 bits per heavy atom. The molecule has 3 aromatic rings. The Kier molecular flexibility index (Phi) is 6.66. The molecule has 0 atom stereocenters. The summed E-state index contributed by atoms with van der Waals surface area (Å²) in [6.07, 6.45) is -1.77. The van der Waals surface area contributed by atoms with Crippen molar-refractivity contribution < 1.29 is 18.0 Å². The Labute approximate surface area is 192 Å². The second-order valence-corrected chi connectivity index (χ2v) is 9.04. The highest BCUT2D eigenvalue weighted by atomic mass is 32.2. The molecule has 174 valence electrons. The van der Waals surface area contributed by atoms with Crippen molar-refractivity contribution in [3.8, 4) is 11.5 Å². The van der Waals surface area contributed by atoms with Crippen LogP contribution < -0.4 is 5.32 Å². The van der Waals surface area contributed by atoms with Crippen LogP contribution in [0.1, 0.15) is 47.9 Å². The van der Waals surface area contributed by atoms with Crippen LogP contribution in [0.4, 0.5) is 19.0 Å². The molecule has 0 aliphatic carbocycles. The van der Waals surface area contributed by atoms with Crippen LogP contribution in [0.15, 0.2) is 36.8 Å². The first kappa shape index (κ1) is 23.2. The molecular formula is C21H22F3N7OS. The van der Waals surface area contributed by atoms with Gasteiger partial charge in [0, 0.05) is 31.1 Å². The topological polar surface area (TPSA) is 88.8 Å². The SMILES string of the molecule is CC(C)n1cnnc1-c1cccc(NC(=O)c2cc3c(cn2)CN(SCCC(F)(F)F)C3)n1. The lowest BCUT2D eigenvalue weighted by molar-refractivity contribution is -0.129. The van der Waals surface area contributed by atoms with Crippen LogP contribution in [0.3, 0.4) is 0 Å². The van der Waals surface area contributed by atoms with Gasteiger partial charge in [-0.15, -0.1) is 10.2 Å². The van der Waals surface area contributed by atoms with E-state index in [0.717, 1.165) is 23.1 Å². The summed E-state index contributed by atoms with van der Waals surface area (Å²) >= 11 is 1.15. The molecule has 0 aromatic carbocycles. The van der Waals surface area contributed by atoms with Gasteiger partial charge in [0.1, 0.15) is 23.5 Å². The number of carbonyl (C=O) groups is 1. The van der Waals surface area contributed by atoms with Gasteiger partial charge < -0.3 is 9.88 Å². The molecule has 0 spiro atoms. The van der Waals surface area contributed by atoms with E-state index < -0.39 is 18.5 Å². The summed E-state index contributed by atoms with van der Waals surface area (Å²) in [5.74, 6) is 0.489. The number of carbonyl (C=O) groups excluding carboxylic acids is 1. The molecule has 0 radical (unpaired) electrons. The first-order valence-electron chi connectivity index (χ1n) is 10.3. The number of nitrogens with one attached hydrogen (secondary N) is 1. The smallest absolute Gasteiger partial charge is 0.310 e. The van der Waals surface area contributed by atoms with E-state index in [0.29, 0.717) is 30.4 Å². The van der Waals surface area contributed by atoms with Crippen LogP contribution in [-0.2, 0) is 13.1 Å². The molecule has 4 heterocycles. The Balaban J connectivity index is 1.42. The molecule has 0 saturated carbocycles. The van der Waals surface area contributed by atoms with Gasteiger partial charge >= 0.3 is 6.18 Å². The number of pyridine rings is 2. The molecule has 33 heavy (non-hydrogen) atoms. The van der Waals surface area contributed by atoms with Gasteiger partial charge in [-0.2, -0.15) is 13.2 Å². The highest BCUT2D eigenvalue weighted by Crippen LogP contribution is 2.31. The number of amides is 1. The molecular weight excluding hydrogens is 455 g/mol. The van der Waals surface area contributed by atoms with Crippen LogP contribution in [0, 0.1) is 0 Å². The lowest BCUT2D eigenvalue weighted by atomic mass is 10.1. The lowest BCUT2D eigenvalue weighted by Gasteiger charge is -2.13. The maximum absolute atomic E-state index is 12.8. The van der Waals surface area contributed by atoms with E-state index in [1.54, 1.807) is 36.8 Å². The third kappa shape index (κ3) is 5.69. The Morgan fingerprint density at radius 1 is 1.24 bits per heavy atom. The quantitative estimate of drug-likeness (QED) is 0.502. The zero-order chi connectivity index (χ0) is 23.6. The second kappa shape index (κ2) is 9.48. The first-order chi connectivity index (χ1) is 15.7. The van der Waals surface area contributed by atoms with E-state index in [9.17, 15) is 18.0 Å². The van der Waals surface area contributed by atoms with E-state index in [-0.39, 0.29) is 17.5 Å². The van der Waals surface area contributed by atoms with Crippen molar-refractivity contribution in [2.75, 3.05) is 11.1 Å². The molecule has 1 aliphatic rings. The average Bonchev–Trinajstić information content (AvgIpc) is 3.39. The highest BCUT2D eigenvalue weighted by Gasteiger charge is 2.28. The van der Waals surface area contributed by atoms with Gasteiger partial charge in [0.15, 0.2) is 5.82 Å². The molecule has 3 aromatic heterocycles. The predicted octanol–water partition coefficient (Wildman–Crippen LogP) is 4.48. The van der Waals surface area contributed by atoms with Crippen LogP contribution >= 0.6 is 11.9 Å². The summed E-state index contributed by atoms with van der Waals surface area (Å²) in [6, 6.07) is 7.05. The summed E-state index contributed by atoms with van der Waals surface area (Å²) in [6.45, 7) is 4.97. The summed E-state index contributed by atoms with van der Waals surface area (Å²) in [5, 5.41) is 10.8. The van der Waals surface area contributed by atoms with Gasteiger partial charge in [-0.25, -0.2) is 9.29 Å². The standard InChI is InChI=1S/C21H22F3N7OS/c1-13(2)31-12-26-29-19(31)16-4-3-5-18(27-16)28-20(32)17-8-14-10-30(11-15(14)9-25-17)33-7-6-21(22,23)24/h3-5,8-9,12-13H,6-7,10-11H2,1-2H3,(H,27,28,32). The predicted molar refractivity (Wildman–Crippen MR) is 118 cm³/mol. The Bertz CT molecular complexity index is 1150. The van der Waals surface area contributed by atoms with Gasteiger partial charge in [0.2, 0.25) is 0 Å². The van der Waals surface area contributed by atoms with Gasteiger partial charge in [0.25, 0.3) is 5.91 Å². The average molecular weight is 478 g/mol. The Morgan fingerprint density at radius 3 is 2.79 bits per heavy atom. The molecule has 0 bridgehead atoms. The minimum absolute atomic E-state index is 0.0369. The normalized spacial score (nSPS) is 14.0. The van der Waals surface area contributed by atoms with Crippen molar-refractivity contribution in [1.29, 1.82) is 0 Å². The molecule has 0 saturated heterocycles. The number of hydrogen-bond acceptors (Lipinski definition) is 7. The molecule has 1 N–H and O–H groups in total. The summed E-state index contributed by atoms with van der Waals surface area (Å²) < 4.78 is 40.8. The molecule has 8 nitrogen and oxygen atoms in total. The van der Waals surface area contributed by atoms with Crippen molar-refractivity contribution in [1.82, 2.24) is 29.0 Å². The van der Waals surface area contributed by atoms with Gasteiger partial charge in [0.05, 0.1) is 6.42 Å². The van der Waals surface area contributed by atoms with E-state index in [2.05, 4.69) is 25.5 Å². The molecule has 4 rings (SSSR count). The van der Waals surface area contributed by atoms with Gasteiger partial charge in [-0.1, -0.05) is 18.0 Å². The van der Waals surface area contributed by atoms with Crippen LogP contribution in [0.25, 0.3) is 11.5 Å². The third-order valence-corrected chi connectivity index (χ3v) is 6.03. The Hall–Kier alpha value is -2.99. The summed E-state index contributed by atoms with van der Waals surface area (Å²) in [4.78, 5) is 21.5. The number of fused-ring (bicyclic) bond motifs is 1. The van der Waals surface area contributed by atoms with Gasteiger partial charge in [-0.3, -0.25) is 9.78 Å². The molecule has 12 heteroatoms. The lowest BCUT2D eigenvalue weighted by Crippen LogP contribution is -2.15. The summed E-state index contributed by atoms with van der Waals surface area (Å²) in [5.41, 5.74) is 2.57.